The number of nitrogens with one attached hydrogen (secondary N) is 2. The van der Waals surface area contributed by atoms with Crippen molar-refractivity contribution in [2.24, 2.45) is 4.99 Å². The molecule has 4 rings (SSSR count). The fourth-order valence-electron chi connectivity index (χ4n) is 4.03. The Morgan fingerprint density at radius 1 is 1.21 bits per heavy atom. The molecule has 1 aromatic rings. The summed E-state index contributed by atoms with van der Waals surface area (Å²) in [6.45, 7) is 2.00. The predicted molar refractivity (Wildman–Crippen MR) is 112 cm³/mol. The van der Waals surface area contributed by atoms with E-state index in [-0.39, 0.29) is 24.5 Å². The molecule has 3 atom stereocenters. The van der Waals surface area contributed by atoms with Crippen LogP contribution in [0.4, 0.5) is 4.79 Å². The SMILES string of the molecule is CN1C(=O)N(Cc2ccc(Cl)c(Cl)c2)C(=O)C2C1N=C(N[C@H]1CCCNC1)N2C. The second kappa shape index (κ2) is 8.01. The van der Waals surface area contributed by atoms with Gasteiger partial charge in [-0.3, -0.25) is 9.69 Å². The minimum absolute atomic E-state index is 0.130. The Hall–Kier alpha value is -2.03. The van der Waals surface area contributed by atoms with Crippen LogP contribution in [-0.2, 0) is 11.3 Å². The van der Waals surface area contributed by atoms with Crippen molar-refractivity contribution in [3.63, 3.8) is 0 Å². The number of carbonyl (C=O) groups excluding carboxylic acids is 2. The zero-order chi connectivity index (χ0) is 20.7. The first-order valence-electron chi connectivity index (χ1n) is 9.67. The highest BCUT2D eigenvalue weighted by Crippen LogP contribution is 2.29. The molecule has 3 aliphatic rings. The number of hydrogen-bond donors (Lipinski definition) is 2. The van der Waals surface area contributed by atoms with Crippen LogP contribution in [0.5, 0.6) is 0 Å². The lowest BCUT2D eigenvalue weighted by Crippen LogP contribution is -2.64. The van der Waals surface area contributed by atoms with Crippen LogP contribution in [0.15, 0.2) is 23.2 Å². The molecule has 10 heteroatoms. The average molecular weight is 439 g/mol. The van der Waals surface area contributed by atoms with Crippen LogP contribution in [0.25, 0.3) is 0 Å². The third-order valence-electron chi connectivity index (χ3n) is 5.69. The van der Waals surface area contributed by atoms with Gasteiger partial charge in [0, 0.05) is 26.7 Å². The van der Waals surface area contributed by atoms with Gasteiger partial charge in [0.1, 0.15) is 0 Å². The summed E-state index contributed by atoms with van der Waals surface area (Å²) in [6.07, 6.45) is 1.60. The maximum absolute atomic E-state index is 13.2. The van der Waals surface area contributed by atoms with Crippen LogP contribution < -0.4 is 10.6 Å². The van der Waals surface area contributed by atoms with E-state index in [1.54, 1.807) is 25.2 Å². The van der Waals surface area contributed by atoms with E-state index in [1.165, 1.54) is 9.80 Å². The minimum atomic E-state index is -0.556. The Labute approximate surface area is 179 Å². The number of nitrogens with zero attached hydrogens (tertiary/aromatic N) is 4. The summed E-state index contributed by atoms with van der Waals surface area (Å²) < 4.78 is 0. The highest BCUT2D eigenvalue weighted by atomic mass is 35.5. The fraction of sp³-hybridized carbons (Fsp3) is 0.526. The third kappa shape index (κ3) is 3.76. The molecule has 1 aromatic carbocycles. The second-order valence-corrected chi connectivity index (χ2v) is 8.49. The van der Waals surface area contributed by atoms with E-state index in [0.717, 1.165) is 31.5 Å². The number of fused-ring (bicyclic) bond motifs is 1. The summed E-state index contributed by atoms with van der Waals surface area (Å²) in [5.74, 6) is 0.382. The largest absolute Gasteiger partial charge is 0.352 e. The van der Waals surface area contributed by atoms with Crippen LogP contribution >= 0.6 is 23.2 Å². The third-order valence-corrected chi connectivity index (χ3v) is 6.43. The molecule has 2 unspecified atom stereocenters. The van der Waals surface area contributed by atoms with Gasteiger partial charge in [-0.05, 0) is 37.1 Å². The average Bonchev–Trinajstić information content (AvgIpc) is 3.03. The van der Waals surface area contributed by atoms with E-state index in [1.807, 2.05) is 11.9 Å². The highest BCUT2D eigenvalue weighted by Gasteiger charge is 2.51. The molecule has 0 bridgehead atoms. The summed E-state index contributed by atoms with van der Waals surface area (Å²) in [5.41, 5.74) is 0.737. The lowest BCUT2D eigenvalue weighted by Gasteiger charge is -2.40. The standard InChI is InChI=1S/C19H24Cl2N6O2/c1-25-15-16(24-18(25)23-12-4-3-7-22-9-12)26(2)19(29)27(17(15)28)10-11-5-6-13(20)14(21)8-11/h5-6,8,12,15-16,22H,3-4,7,9-10H2,1-2H3,(H,23,24)/t12-,15?,16?/m0/s1. The van der Waals surface area contributed by atoms with Gasteiger partial charge in [-0.25, -0.2) is 9.79 Å². The fourth-order valence-corrected chi connectivity index (χ4v) is 4.35. The van der Waals surface area contributed by atoms with Crippen molar-refractivity contribution in [1.29, 1.82) is 0 Å². The topological polar surface area (TPSA) is 80.3 Å². The number of aliphatic imine (C=N–C) groups is 1. The molecule has 0 spiro atoms. The van der Waals surface area contributed by atoms with Crippen LogP contribution in [0.2, 0.25) is 10.0 Å². The van der Waals surface area contributed by atoms with Gasteiger partial charge in [-0.1, -0.05) is 29.3 Å². The van der Waals surface area contributed by atoms with Crippen LogP contribution in [0.1, 0.15) is 18.4 Å². The summed E-state index contributed by atoms with van der Waals surface area (Å²) in [5, 5.41) is 7.61. The van der Waals surface area contributed by atoms with Crippen molar-refractivity contribution in [3.05, 3.63) is 33.8 Å². The number of carbonyl (C=O) groups is 2. The van der Waals surface area contributed by atoms with Crippen molar-refractivity contribution < 1.29 is 9.59 Å². The Morgan fingerprint density at radius 2 is 2.00 bits per heavy atom. The molecule has 3 amide bonds. The first-order valence-corrected chi connectivity index (χ1v) is 10.4. The molecule has 3 aliphatic heterocycles. The van der Waals surface area contributed by atoms with Crippen molar-refractivity contribution >= 4 is 41.1 Å². The molecule has 8 nitrogen and oxygen atoms in total. The zero-order valence-electron chi connectivity index (χ0n) is 16.4. The number of hydrogen-bond acceptors (Lipinski definition) is 6. The summed E-state index contributed by atoms with van der Waals surface area (Å²) in [7, 11) is 3.52. The number of piperidine rings is 1. The van der Waals surface area contributed by atoms with Crippen LogP contribution in [0, 0.1) is 0 Å². The molecule has 0 saturated carbocycles. The number of imide groups is 1. The zero-order valence-corrected chi connectivity index (χ0v) is 17.9. The molecule has 156 valence electrons. The van der Waals surface area contributed by atoms with Crippen molar-refractivity contribution in [3.8, 4) is 0 Å². The molecule has 2 saturated heterocycles. The number of amides is 3. The molecular formula is C19H24Cl2N6O2. The first kappa shape index (κ1) is 20.3. The van der Waals surface area contributed by atoms with E-state index < -0.39 is 12.2 Å². The normalized spacial score (nSPS) is 27.2. The highest BCUT2D eigenvalue weighted by molar-refractivity contribution is 6.42. The summed E-state index contributed by atoms with van der Waals surface area (Å²) in [6, 6.07) is 4.43. The Morgan fingerprint density at radius 3 is 2.69 bits per heavy atom. The molecule has 29 heavy (non-hydrogen) atoms. The number of halogens is 2. The van der Waals surface area contributed by atoms with Crippen LogP contribution in [-0.4, -0.2) is 78.0 Å². The predicted octanol–water partition coefficient (Wildman–Crippen LogP) is 1.73. The number of likely N-dealkylation sites (N-methyl/N-ethyl adjacent to an activating group) is 2. The molecule has 2 fully saturated rings. The van der Waals surface area contributed by atoms with E-state index in [9.17, 15) is 9.59 Å². The number of urea groups is 1. The number of benzene rings is 1. The van der Waals surface area contributed by atoms with Gasteiger partial charge >= 0.3 is 6.03 Å². The van der Waals surface area contributed by atoms with E-state index >= 15 is 0 Å². The van der Waals surface area contributed by atoms with Gasteiger partial charge in [-0.15, -0.1) is 0 Å². The van der Waals surface area contributed by atoms with Gasteiger partial charge in [-0.2, -0.15) is 0 Å². The summed E-state index contributed by atoms with van der Waals surface area (Å²) >= 11 is 12.1. The van der Waals surface area contributed by atoms with Gasteiger partial charge in [0.15, 0.2) is 18.2 Å². The lowest BCUT2D eigenvalue weighted by atomic mass is 10.1. The van der Waals surface area contributed by atoms with E-state index in [0.29, 0.717) is 16.0 Å². The monoisotopic (exact) mass is 438 g/mol. The van der Waals surface area contributed by atoms with Crippen molar-refractivity contribution in [2.45, 2.75) is 37.6 Å². The first-order chi connectivity index (χ1) is 13.9. The second-order valence-electron chi connectivity index (χ2n) is 7.68. The van der Waals surface area contributed by atoms with E-state index in [2.05, 4.69) is 15.6 Å². The van der Waals surface area contributed by atoms with Crippen LogP contribution in [0.3, 0.4) is 0 Å². The van der Waals surface area contributed by atoms with Gasteiger partial charge in [0.05, 0.1) is 16.6 Å². The lowest BCUT2D eigenvalue weighted by molar-refractivity contribution is -0.137. The van der Waals surface area contributed by atoms with Gasteiger partial charge < -0.3 is 20.4 Å². The maximum Gasteiger partial charge on any atom is 0.328 e. The maximum atomic E-state index is 13.2. The smallest absolute Gasteiger partial charge is 0.328 e. The number of rotatable bonds is 3. The minimum Gasteiger partial charge on any atom is -0.352 e. The quantitative estimate of drug-likeness (QED) is 0.750. The molecular weight excluding hydrogens is 415 g/mol. The molecule has 2 N–H and O–H groups in total. The Balaban J connectivity index is 1.53. The molecule has 0 aliphatic carbocycles. The Kier molecular flexibility index (Phi) is 5.59. The van der Waals surface area contributed by atoms with Gasteiger partial charge in [0.2, 0.25) is 0 Å². The van der Waals surface area contributed by atoms with E-state index in [4.69, 9.17) is 23.2 Å². The summed E-state index contributed by atoms with van der Waals surface area (Å²) in [4.78, 5) is 35.4. The van der Waals surface area contributed by atoms with Gasteiger partial charge in [0.25, 0.3) is 5.91 Å². The Bertz CT molecular complexity index is 857. The van der Waals surface area contributed by atoms with Crippen molar-refractivity contribution in [2.75, 3.05) is 27.2 Å². The van der Waals surface area contributed by atoms with Crippen molar-refractivity contribution in [1.82, 2.24) is 25.3 Å². The number of guanidine groups is 1. The molecule has 0 radical (unpaired) electrons. The molecule has 0 aromatic heterocycles. The molecule has 3 heterocycles.